The van der Waals surface area contributed by atoms with E-state index in [4.69, 9.17) is 19.9 Å². The molecule has 1 fully saturated rings. The van der Waals surface area contributed by atoms with Gasteiger partial charge in [0.1, 0.15) is 18.9 Å². The Morgan fingerprint density at radius 3 is 2.39 bits per heavy atom. The number of azide groups is 1. The minimum Gasteiger partial charge on any atom is -0.459 e. The van der Waals surface area contributed by atoms with Gasteiger partial charge in [0.25, 0.3) is 0 Å². The standard InChI is InChI=1S/C23H19FN6O6/c24-16-12-30(22(33)27-19(16)25)18-11-17(35-21(32)15-9-5-2-6-10-15)23(36-18,28-29-26)13-34-20(31)14-7-3-1-4-8-14/h1-10,12,17-18H,11,13H2,(H2,25,27,33)/t17-,18+,23+/m0/s1. The van der Waals surface area contributed by atoms with Gasteiger partial charge in [0, 0.05) is 11.3 Å². The molecule has 0 radical (unpaired) electrons. The third-order valence-corrected chi connectivity index (χ3v) is 5.40. The smallest absolute Gasteiger partial charge is 0.351 e. The molecule has 12 nitrogen and oxygen atoms in total. The van der Waals surface area contributed by atoms with Crippen LogP contribution >= 0.6 is 0 Å². The van der Waals surface area contributed by atoms with E-state index in [0.717, 1.165) is 10.8 Å². The number of hydrogen-bond acceptors (Lipinski definition) is 9. The number of anilines is 1. The number of esters is 2. The number of halogens is 1. The maximum absolute atomic E-state index is 14.1. The lowest BCUT2D eigenvalue weighted by atomic mass is 10.1. The van der Waals surface area contributed by atoms with Crippen LogP contribution in [0.5, 0.6) is 0 Å². The molecular formula is C23H19FN6O6. The van der Waals surface area contributed by atoms with Crippen molar-refractivity contribution in [2.24, 2.45) is 5.11 Å². The molecule has 0 amide bonds. The first-order valence-corrected chi connectivity index (χ1v) is 10.6. The van der Waals surface area contributed by atoms with Crippen LogP contribution in [0.25, 0.3) is 10.4 Å². The van der Waals surface area contributed by atoms with Gasteiger partial charge in [-0.25, -0.2) is 18.8 Å². The fourth-order valence-corrected chi connectivity index (χ4v) is 3.62. The highest BCUT2D eigenvalue weighted by molar-refractivity contribution is 5.90. The lowest BCUT2D eigenvalue weighted by Gasteiger charge is -2.28. The van der Waals surface area contributed by atoms with Crippen molar-refractivity contribution in [1.29, 1.82) is 0 Å². The van der Waals surface area contributed by atoms with Crippen molar-refractivity contribution in [3.05, 3.63) is 105 Å². The van der Waals surface area contributed by atoms with Crippen molar-refractivity contribution in [1.82, 2.24) is 9.55 Å². The van der Waals surface area contributed by atoms with E-state index >= 15 is 0 Å². The summed E-state index contributed by atoms with van der Waals surface area (Å²) in [7, 11) is 0. The zero-order chi connectivity index (χ0) is 25.7. The lowest BCUT2D eigenvalue weighted by molar-refractivity contribution is -0.128. The summed E-state index contributed by atoms with van der Waals surface area (Å²) in [6.45, 7) is -0.673. The van der Waals surface area contributed by atoms with Gasteiger partial charge in [0.05, 0.1) is 17.3 Å². The number of nitrogens with two attached hydrogens (primary N) is 1. The van der Waals surface area contributed by atoms with Crippen LogP contribution in [0.3, 0.4) is 0 Å². The summed E-state index contributed by atoms with van der Waals surface area (Å²) in [6.07, 6.45) is -2.12. The van der Waals surface area contributed by atoms with Crippen LogP contribution in [0.4, 0.5) is 10.2 Å². The molecule has 4 rings (SSSR count). The van der Waals surface area contributed by atoms with E-state index in [1.165, 1.54) is 24.3 Å². The van der Waals surface area contributed by atoms with E-state index in [-0.39, 0.29) is 17.5 Å². The zero-order valence-electron chi connectivity index (χ0n) is 18.6. The quantitative estimate of drug-likeness (QED) is 0.226. The van der Waals surface area contributed by atoms with Gasteiger partial charge in [-0.05, 0) is 29.8 Å². The van der Waals surface area contributed by atoms with Gasteiger partial charge >= 0.3 is 17.6 Å². The molecule has 36 heavy (non-hydrogen) atoms. The third-order valence-electron chi connectivity index (χ3n) is 5.40. The van der Waals surface area contributed by atoms with Gasteiger partial charge in [-0.15, -0.1) is 0 Å². The highest BCUT2D eigenvalue weighted by Gasteiger charge is 2.53. The van der Waals surface area contributed by atoms with Crippen LogP contribution in [0.1, 0.15) is 33.4 Å². The Morgan fingerprint density at radius 2 is 1.78 bits per heavy atom. The monoisotopic (exact) mass is 494 g/mol. The predicted molar refractivity (Wildman–Crippen MR) is 122 cm³/mol. The molecule has 3 atom stereocenters. The summed E-state index contributed by atoms with van der Waals surface area (Å²) in [5.74, 6) is -3.15. The second kappa shape index (κ2) is 10.3. The molecule has 0 spiro atoms. The number of carbonyl (C=O) groups excluding carboxylic acids is 2. The van der Waals surface area contributed by atoms with Crippen LogP contribution in [-0.2, 0) is 14.2 Å². The number of benzene rings is 2. The van der Waals surface area contributed by atoms with E-state index in [1.807, 2.05) is 0 Å². The number of hydrogen-bond donors (Lipinski definition) is 1. The van der Waals surface area contributed by atoms with Gasteiger partial charge in [-0.1, -0.05) is 41.5 Å². The number of aromatic nitrogens is 2. The minimum atomic E-state index is -2.08. The molecule has 1 aliphatic heterocycles. The SMILES string of the molecule is [N-]=[N+]=N[C@]1(COC(=O)c2ccccc2)O[C@@H](n2cc(F)c(N)nc2=O)C[C@@H]1OC(=O)c1ccccc1. The Bertz CT molecular complexity index is 1380. The van der Waals surface area contributed by atoms with Crippen LogP contribution in [0, 0.1) is 5.82 Å². The van der Waals surface area contributed by atoms with E-state index in [9.17, 15) is 24.3 Å². The normalized spacial score (nSPS) is 20.8. The molecule has 0 aliphatic carbocycles. The molecule has 2 heterocycles. The van der Waals surface area contributed by atoms with Crippen molar-refractivity contribution in [2.45, 2.75) is 24.5 Å². The molecular weight excluding hydrogens is 475 g/mol. The summed E-state index contributed by atoms with van der Waals surface area (Å²) in [4.78, 5) is 43.9. The first-order chi connectivity index (χ1) is 17.3. The Morgan fingerprint density at radius 1 is 1.17 bits per heavy atom. The highest BCUT2D eigenvalue weighted by Crippen LogP contribution is 2.40. The lowest BCUT2D eigenvalue weighted by Crippen LogP contribution is -2.45. The van der Waals surface area contributed by atoms with Crippen LogP contribution in [0.15, 0.2) is 76.8 Å². The molecule has 0 unspecified atom stereocenters. The zero-order valence-corrected chi connectivity index (χ0v) is 18.6. The number of nitrogen functional groups attached to an aromatic ring is 1. The van der Waals surface area contributed by atoms with Crippen LogP contribution < -0.4 is 11.4 Å². The summed E-state index contributed by atoms with van der Waals surface area (Å²) in [6, 6.07) is 15.9. The van der Waals surface area contributed by atoms with Crippen molar-refractivity contribution in [2.75, 3.05) is 12.3 Å². The van der Waals surface area contributed by atoms with Gasteiger partial charge in [-0.3, -0.25) is 4.57 Å². The molecule has 1 aliphatic rings. The summed E-state index contributed by atoms with van der Waals surface area (Å²) in [5.41, 5.74) is 12.0. The van der Waals surface area contributed by atoms with Gasteiger partial charge in [0.2, 0.25) is 5.72 Å². The fourth-order valence-electron chi connectivity index (χ4n) is 3.62. The number of ether oxygens (including phenoxy) is 3. The molecule has 0 bridgehead atoms. The maximum atomic E-state index is 14.1. The fraction of sp³-hybridized carbons (Fsp3) is 0.217. The van der Waals surface area contributed by atoms with Crippen molar-refractivity contribution in [3.8, 4) is 0 Å². The second-order valence-electron chi connectivity index (χ2n) is 7.71. The van der Waals surface area contributed by atoms with Gasteiger partial charge in [-0.2, -0.15) is 4.98 Å². The summed E-state index contributed by atoms with van der Waals surface area (Å²) < 4.78 is 31.6. The average Bonchev–Trinajstić information content (AvgIpc) is 3.23. The number of carbonyl (C=O) groups is 2. The van der Waals surface area contributed by atoms with Crippen LogP contribution in [0.2, 0.25) is 0 Å². The molecule has 13 heteroatoms. The molecule has 1 aromatic heterocycles. The topological polar surface area (TPSA) is 171 Å². The second-order valence-corrected chi connectivity index (χ2v) is 7.71. The van der Waals surface area contributed by atoms with E-state index in [2.05, 4.69) is 15.0 Å². The Kier molecular flexibility index (Phi) is 6.95. The van der Waals surface area contributed by atoms with Crippen molar-refractivity contribution < 1.29 is 28.2 Å². The van der Waals surface area contributed by atoms with E-state index in [1.54, 1.807) is 36.4 Å². The molecule has 184 valence electrons. The third kappa shape index (κ3) is 5.02. The Hall–Kier alpha value is -4.74. The first-order valence-electron chi connectivity index (χ1n) is 10.6. The Balaban J connectivity index is 1.67. The van der Waals surface area contributed by atoms with Crippen molar-refractivity contribution in [3.63, 3.8) is 0 Å². The molecule has 2 aromatic carbocycles. The molecule has 3 aromatic rings. The molecule has 1 saturated heterocycles. The Labute approximate surface area is 202 Å². The van der Waals surface area contributed by atoms with Crippen molar-refractivity contribution >= 4 is 17.8 Å². The average molecular weight is 494 g/mol. The van der Waals surface area contributed by atoms with Gasteiger partial charge < -0.3 is 19.9 Å². The molecule has 2 N–H and O–H groups in total. The number of nitrogens with zero attached hydrogens (tertiary/aromatic N) is 5. The summed E-state index contributed by atoms with van der Waals surface area (Å²) in [5, 5.41) is 3.64. The first kappa shape index (κ1) is 24.4. The van der Waals surface area contributed by atoms with Crippen LogP contribution in [-0.4, -0.2) is 39.9 Å². The predicted octanol–water partition coefficient (Wildman–Crippen LogP) is 2.97. The maximum Gasteiger partial charge on any atom is 0.351 e. The largest absolute Gasteiger partial charge is 0.459 e. The minimum absolute atomic E-state index is 0.189. The molecule has 0 saturated carbocycles. The van der Waals surface area contributed by atoms with Gasteiger partial charge in [0.15, 0.2) is 11.6 Å². The number of rotatable bonds is 7. The summed E-state index contributed by atoms with van der Waals surface area (Å²) >= 11 is 0. The van der Waals surface area contributed by atoms with E-state index in [0.29, 0.717) is 0 Å². The highest BCUT2D eigenvalue weighted by atomic mass is 19.1. The van der Waals surface area contributed by atoms with E-state index < -0.39 is 53.9 Å².